The van der Waals surface area contributed by atoms with Crippen molar-refractivity contribution in [1.29, 1.82) is 0 Å². The zero-order valence-electron chi connectivity index (χ0n) is 28.9. The highest BCUT2D eigenvalue weighted by atomic mass is 16.6. The van der Waals surface area contributed by atoms with Crippen LogP contribution < -0.4 is 0 Å². The van der Waals surface area contributed by atoms with Crippen LogP contribution in [0.25, 0.3) is 0 Å². The van der Waals surface area contributed by atoms with Gasteiger partial charge in [0.05, 0.1) is 40.1 Å². The summed E-state index contributed by atoms with van der Waals surface area (Å²) in [5.74, 6) is -5.80. The minimum atomic E-state index is -2.76. The number of hydrogen-bond acceptors (Lipinski definition) is 14. The Labute approximate surface area is 284 Å². The lowest BCUT2D eigenvalue weighted by atomic mass is 9.49. The third kappa shape index (κ3) is 6.24. The Hall–Kier alpha value is -3.85. The van der Waals surface area contributed by atoms with Gasteiger partial charge < -0.3 is 44.1 Å². The van der Waals surface area contributed by atoms with E-state index >= 15 is 0 Å². The van der Waals surface area contributed by atoms with Crippen molar-refractivity contribution in [3.05, 3.63) is 47.0 Å². The lowest BCUT2D eigenvalue weighted by Gasteiger charge is -2.62. The zero-order chi connectivity index (χ0) is 36.9. The molecule has 0 amide bonds. The first-order valence-corrected chi connectivity index (χ1v) is 16.1. The summed E-state index contributed by atoms with van der Waals surface area (Å²) in [4.78, 5) is 64.2. The number of rotatable bonds is 8. The van der Waals surface area contributed by atoms with Crippen LogP contribution >= 0.6 is 0 Å². The van der Waals surface area contributed by atoms with Crippen molar-refractivity contribution in [3.8, 4) is 0 Å². The van der Waals surface area contributed by atoms with Crippen LogP contribution in [0.4, 0.5) is 0 Å². The molecule has 10 atom stereocenters. The second-order valence-electron chi connectivity index (χ2n) is 14.0. The Balaban J connectivity index is 2.19. The van der Waals surface area contributed by atoms with Gasteiger partial charge in [0.15, 0.2) is 12.2 Å². The fraction of sp³-hybridized carbons (Fsp3) is 0.629. The molecule has 2 fully saturated rings. The average Bonchev–Trinajstić information content (AvgIpc) is 3.24. The maximum Gasteiger partial charge on any atom is 0.338 e. The van der Waals surface area contributed by atoms with Crippen molar-refractivity contribution in [2.45, 2.75) is 116 Å². The molecular formula is C35H46O14. The molecule has 14 heteroatoms. The van der Waals surface area contributed by atoms with Gasteiger partial charge in [-0.15, -0.1) is 0 Å². The summed E-state index contributed by atoms with van der Waals surface area (Å²) in [5.41, 5.74) is -8.81. The summed E-state index contributed by atoms with van der Waals surface area (Å²) in [7, 11) is 0. The molecule has 3 aliphatic carbocycles. The smallest absolute Gasteiger partial charge is 0.338 e. The highest BCUT2D eigenvalue weighted by Crippen LogP contribution is 2.67. The number of ether oxygens (including phenoxy) is 5. The zero-order valence-corrected chi connectivity index (χ0v) is 28.9. The van der Waals surface area contributed by atoms with Gasteiger partial charge in [-0.05, 0) is 57.4 Å². The van der Waals surface area contributed by atoms with E-state index in [-0.39, 0.29) is 23.1 Å². The van der Waals surface area contributed by atoms with E-state index in [1.807, 2.05) is 0 Å². The fourth-order valence-corrected chi connectivity index (χ4v) is 8.46. The van der Waals surface area contributed by atoms with Crippen LogP contribution in [0, 0.1) is 16.7 Å². The third-order valence-corrected chi connectivity index (χ3v) is 10.7. The van der Waals surface area contributed by atoms with Gasteiger partial charge in [-0.3, -0.25) is 19.2 Å². The lowest BCUT2D eigenvalue weighted by Crippen LogP contribution is -2.77. The van der Waals surface area contributed by atoms with Crippen molar-refractivity contribution in [2.24, 2.45) is 16.7 Å². The summed E-state index contributed by atoms with van der Waals surface area (Å²) in [6.07, 6.45) is -10.7. The maximum atomic E-state index is 13.9. The Morgan fingerprint density at radius 3 is 1.96 bits per heavy atom. The number of carbonyl (C=O) groups excluding carboxylic acids is 5. The summed E-state index contributed by atoms with van der Waals surface area (Å²) in [5, 5.41) is 49.9. The van der Waals surface area contributed by atoms with E-state index in [0.717, 1.165) is 27.7 Å². The van der Waals surface area contributed by atoms with Gasteiger partial charge in [0, 0.05) is 34.1 Å². The van der Waals surface area contributed by atoms with Crippen molar-refractivity contribution >= 4 is 29.8 Å². The van der Waals surface area contributed by atoms with Crippen molar-refractivity contribution in [1.82, 2.24) is 0 Å². The molecule has 4 N–H and O–H groups in total. The van der Waals surface area contributed by atoms with E-state index in [0.29, 0.717) is 0 Å². The van der Waals surface area contributed by atoms with Gasteiger partial charge in [-0.1, -0.05) is 18.2 Å². The number of hydrogen-bond donors (Lipinski definition) is 4. The molecule has 14 nitrogen and oxygen atoms in total. The van der Waals surface area contributed by atoms with Gasteiger partial charge in [-0.25, -0.2) is 4.79 Å². The monoisotopic (exact) mass is 690 g/mol. The van der Waals surface area contributed by atoms with Crippen molar-refractivity contribution in [3.63, 3.8) is 0 Å². The number of aliphatic hydroxyl groups is 4. The van der Waals surface area contributed by atoms with Gasteiger partial charge in [-0.2, -0.15) is 0 Å². The second-order valence-corrected chi connectivity index (χ2v) is 14.0. The van der Waals surface area contributed by atoms with Crippen LogP contribution in [0.15, 0.2) is 41.5 Å². The van der Waals surface area contributed by atoms with Crippen LogP contribution in [0.3, 0.4) is 0 Å². The van der Waals surface area contributed by atoms with Crippen LogP contribution in [-0.2, 0) is 42.9 Å². The largest absolute Gasteiger partial charge is 0.465 e. The second kappa shape index (κ2) is 13.5. The first-order chi connectivity index (χ1) is 22.6. The molecule has 49 heavy (non-hydrogen) atoms. The SMILES string of the molecule is CC(=O)OCC1C(OC(C)=O)CC(OC(C)=O)C2(C)C(OC(C)=O)C(OC(=O)c3ccccc3)C3=C(C)C(O)CC3(C(C)(C)O)C(O)C12O. The van der Waals surface area contributed by atoms with Crippen LogP contribution in [0.2, 0.25) is 0 Å². The van der Waals surface area contributed by atoms with E-state index in [1.165, 1.54) is 39.8 Å². The molecule has 0 aromatic heterocycles. The van der Waals surface area contributed by atoms with Gasteiger partial charge in [0.2, 0.25) is 0 Å². The number of aliphatic hydroxyl groups excluding tert-OH is 2. The molecule has 270 valence electrons. The molecule has 10 unspecified atom stereocenters. The predicted octanol–water partition coefficient (Wildman–Crippen LogP) is 1.54. The van der Waals surface area contributed by atoms with Crippen molar-refractivity contribution < 1.29 is 68.1 Å². The number of esters is 5. The predicted molar refractivity (Wildman–Crippen MR) is 168 cm³/mol. The van der Waals surface area contributed by atoms with Crippen LogP contribution in [0.5, 0.6) is 0 Å². The third-order valence-electron chi connectivity index (χ3n) is 10.7. The quantitative estimate of drug-likeness (QED) is 0.173. The molecule has 4 rings (SSSR count). The molecule has 0 saturated heterocycles. The summed E-state index contributed by atoms with van der Waals surface area (Å²) >= 11 is 0. The minimum Gasteiger partial charge on any atom is -0.465 e. The number of carbonyl (C=O) groups is 5. The van der Waals surface area contributed by atoms with Gasteiger partial charge in [0.25, 0.3) is 0 Å². The van der Waals surface area contributed by atoms with E-state index in [1.54, 1.807) is 18.2 Å². The molecule has 1 aromatic rings. The number of benzene rings is 1. The molecule has 3 aliphatic rings. The fourth-order valence-electron chi connectivity index (χ4n) is 8.46. The number of fused-ring (bicyclic) bond motifs is 2. The molecule has 2 saturated carbocycles. The molecule has 0 aliphatic heterocycles. The summed E-state index contributed by atoms with van der Waals surface area (Å²) in [6, 6.07) is 7.81. The molecule has 0 spiro atoms. The summed E-state index contributed by atoms with van der Waals surface area (Å²) in [6.45, 7) is 9.22. The molecule has 0 radical (unpaired) electrons. The minimum absolute atomic E-state index is 0.0311. The van der Waals surface area contributed by atoms with E-state index in [4.69, 9.17) is 23.7 Å². The van der Waals surface area contributed by atoms with Crippen LogP contribution in [0.1, 0.15) is 78.6 Å². The van der Waals surface area contributed by atoms with Crippen molar-refractivity contribution in [2.75, 3.05) is 6.61 Å². The molecule has 1 aromatic carbocycles. The van der Waals surface area contributed by atoms with E-state index < -0.39 is 107 Å². The highest BCUT2D eigenvalue weighted by Gasteiger charge is 2.80. The standard InChI is InChI=1S/C35H46O14/c1-17-24(40)15-34(32(6,7)43)27(17)28(49-30(41)22-12-10-9-11-13-22)29(48-21(5)39)33(8)26(47-20(4)38)14-25(46-19(3)37)23(16-45-18(2)36)35(33,44)31(34)42/h9-13,23-26,28-29,31,40,42-44H,14-16H2,1-8H3. The Kier molecular flexibility index (Phi) is 10.4. The lowest BCUT2D eigenvalue weighted by molar-refractivity contribution is -0.316. The molecule has 0 heterocycles. The van der Waals surface area contributed by atoms with Crippen LogP contribution in [-0.4, -0.2) is 105 Å². The van der Waals surface area contributed by atoms with E-state index in [2.05, 4.69) is 0 Å². The molecule has 0 bridgehead atoms. The van der Waals surface area contributed by atoms with Gasteiger partial charge >= 0.3 is 29.8 Å². The Morgan fingerprint density at radius 2 is 1.45 bits per heavy atom. The summed E-state index contributed by atoms with van der Waals surface area (Å²) < 4.78 is 28.9. The maximum absolute atomic E-state index is 13.9. The first-order valence-electron chi connectivity index (χ1n) is 16.1. The van der Waals surface area contributed by atoms with E-state index in [9.17, 15) is 44.4 Å². The first kappa shape index (κ1) is 38.0. The Morgan fingerprint density at radius 1 is 0.878 bits per heavy atom. The Bertz CT molecular complexity index is 1510. The highest BCUT2D eigenvalue weighted by molar-refractivity contribution is 5.89. The van der Waals surface area contributed by atoms with Gasteiger partial charge in [0.1, 0.15) is 24.4 Å². The normalized spacial score (nSPS) is 35.6. The molecular weight excluding hydrogens is 644 g/mol. The average molecular weight is 691 g/mol. The topological polar surface area (TPSA) is 212 Å².